The number of nitrogens with one attached hydrogen (secondary N) is 3. The smallest absolute Gasteiger partial charge is 0.303 e. The van der Waals surface area contributed by atoms with Crippen molar-refractivity contribution in [2.45, 2.75) is 58.4 Å². The molecule has 21 heteroatoms. The van der Waals surface area contributed by atoms with Crippen molar-refractivity contribution in [2.24, 2.45) is 0 Å². The molecule has 300 valence electrons. The normalized spacial score (nSPS) is 18.8. The molecule has 3 heterocycles. The summed E-state index contributed by atoms with van der Waals surface area (Å²) in [5, 5.41) is 8.46. The van der Waals surface area contributed by atoms with Gasteiger partial charge in [-0.1, -0.05) is 11.6 Å². The van der Waals surface area contributed by atoms with Gasteiger partial charge >= 0.3 is 23.9 Å². The number of halogens is 2. The largest absolute Gasteiger partial charge is 0.491 e. The molecule has 0 bridgehead atoms. The first-order valence-corrected chi connectivity index (χ1v) is 17.1. The summed E-state index contributed by atoms with van der Waals surface area (Å²) >= 11 is 6.04. The maximum Gasteiger partial charge on any atom is 0.303 e. The minimum atomic E-state index is -1.56. The summed E-state index contributed by atoms with van der Waals surface area (Å²) in [7, 11) is 1.38. The van der Waals surface area contributed by atoms with Crippen LogP contribution in [0.3, 0.4) is 0 Å². The van der Waals surface area contributed by atoms with E-state index < -0.39 is 85.4 Å². The molecule has 1 aromatic carbocycles. The number of esters is 4. The van der Waals surface area contributed by atoms with Crippen molar-refractivity contribution in [3.8, 4) is 17.1 Å². The number of carbonyl (C=O) groups is 6. The van der Waals surface area contributed by atoms with E-state index >= 15 is 0 Å². The molecule has 0 aliphatic carbocycles. The summed E-state index contributed by atoms with van der Waals surface area (Å²) in [6.07, 6.45) is -3.17. The summed E-state index contributed by atoms with van der Waals surface area (Å²) < 4.78 is 52.3. The van der Waals surface area contributed by atoms with E-state index in [1.807, 2.05) is 0 Å². The highest BCUT2D eigenvalue weighted by Crippen LogP contribution is 2.32. The zero-order chi connectivity index (χ0) is 40.9. The van der Waals surface area contributed by atoms with Crippen molar-refractivity contribution < 1.29 is 66.3 Å². The molecule has 1 aliphatic heterocycles. The van der Waals surface area contributed by atoms with Crippen LogP contribution in [0.15, 0.2) is 42.9 Å². The van der Waals surface area contributed by atoms with E-state index in [0.29, 0.717) is 0 Å². The average Bonchev–Trinajstić information content (AvgIpc) is 3.14. The van der Waals surface area contributed by atoms with Crippen LogP contribution in [0.5, 0.6) is 5.75 Å². The van der Waals surface area contributed by atoms with Crippen LogP contribution in [0, 0.1) is 5.82 Å². The van der Waals surface area contributed by atoms with Gasteiger partial charge in [0, 0.05) is 58.2 Å². The van der Waals surface area contributed by atoms with Gasteiger partial charge in [0.1, 0.15) is 25.1 Å². The van der Waals surface area contributed by atoms with E-state index in [9.17, 15) is 33.2 Å². The van der Waals surface area contributed by atoms with Gasteiger partial charge in [0.2, 0.25) is 5.91 Å². The van der Waals surface area contributed by atoms with Crippen LogP contribution >= 0.6 is 11.6 Å². The van der Waals surface area contributed by atoms with Gasteiger partial charge in [0.25, 0.3) is 5.91 Å². The second kappa shape index (κ2) is 20.1. The Kier molecular flexibility index (Phi) is 15.3. The van der Waals surface area contributed by atoms with Gasteiger partial charge < -0.3 is 49.1 Å². The van der Waals surface area contributed by atoms with Gasteiger partial charge in [0.15, 0.2) is 42.0 Å². The fourth-order valence-corrected chi connectivity index (χ4v) is 5.40. The van der Waals surface area contributed by atoms with Gasteiger partial charge in [-0.15, -0.1) is 0 Å². The molecule has 19 nitrogen and oxygen atoms in total. The van der Waals surface area contributed by atoms with Crippen LogP contribution in [0.25, 0.3) is 11.4 Å². The van der Waals surface area contributed by atoms with E-state index in [1.54, 1.807) is 0 Å². The van der Waals surface area contributed by atoms with Gasteiger partial charge in [-0.2, -0.15) is 0 Å². The molecule has 0 radical (unpaired) electrons. The number of amides is 2. The SMILES string of the molecule is COc1cnc(-c2cc(Cl)ccc2F)nc1Nc1ccncc1C(=O)NCCNC(=O)COC1O[C@H](COC(C)=O)[C@@H](OC(C)=O)[C@H](OC(C)=O)[C@H]1OC(C)=O. The lowest BCUT2D eigenvalue weighted by Crippen LogP contribution is -2.63. The molecule has 4 rings (SSSR count). The zero-order valence-corrected chi connectivity index (χ0v) is 31.4. The Morgan fingerprint density at radius 2 is 1.55 bits per heavy atom. The van der Waals surface area contributed by atoms with Crippen LogP contribution in [0.1, 0.15) is 38.1 Å². The van der Waals surface area contributed by atoms with Crippen molar-refractivity contribution in [1.29, 1.82) is 0 Å². The Hall–Kier alpha value is -5.99. The third-order valence-electron chi connectivity index (χ3n) is 7.52. The zero-order valence-electron chi connectivity index (χ0n) is 30.7. The minimum Gasteiger partial charge on any atom is -0.491 e. The molecule has 1 fully saturated rings. The van der Waals surface area contributed by atoms with Crippen molar-refractivity contribution in [2.75, 3.05) is 38.7 Å². The predicted octanol–water partition coefficient (Wildman–Crippen LogP) is 2.03. The Balaban J connectivity index is 1.38. The molecule has 2 amide bonds. The number of rotatable bonds is 16. The number of carbonyl (C=O) groups excluding carboxylic acids is 6. The quantitative estimate of drug-likeness (QED) is 0.107. The van der Waals surface area contributed by atoms with Crippen LogP contribution in [0.2, 0.25) is 5.02 Å². The number of anilines is 2. The highest BCUT2D eigenvalue weighted by Gasteiger charge is 2.53. The molecule has 3 N–H and O–H groups in total. The van der Waals surface area contributed by atoms with E-state index in [1.165, 1.54) is 50.0 Å². The van der Waals surface area contributed by atoms with E-state index in [0.717, 1.165) is 27.7 Å². The first-order valence-electron chi connectivity index (χ1n) is 16.7. The number of hydrogen-bond acceptors (Lipinski definition) is 17. The van der Waals surface area contributed by atoms with Crippen molar-refractivity contribution in [3.63, 3.8) is 0 Å². The van der Waals surface area contributed by atoms with Crippen LogP contribution < -0.4 is 20.7 Å². The second-order valence-corrected chi connectivity index (χ2v) is 12.2. The molecular formula is C35H38ClFN6O13. The van der Waals surface area contributed by atoms with E-state index in [-0.39, 0.29) is 52.3 Å². The van der Waals surface area contributed by atoms with Gasteiger partial charge in [-0.05, 0) is 24.3 Å². The molecule has 1 saturated heterocycles. The van der Waals surface area contributed by atoms with Crippen molar-refractivity contribution in [3.05, 3.63) is 59.3 Å². The fourth-order valence-electron chi connectivity index (χ4n) is 5.23. The first-order chi connectivity index (χ1) is 26.7. The summed E-state index contributed by atoms with van der Waals surface area (Å²) in [4.78, 5) is 86.0. The summed E-state index contributed by atoms with van der Waals surface area (Å²) in [6.45, 7) is 3.04. The Morgan fingerprint density at radius 1 is 0.875 bits per heavy atom. The monoisotopic (exact) mass is 804 g/mol. The van der Waals surface area contributed by atoms with Crippen LogP contribution in [0.4, 0.5) is 15.9 Å². The third kappa shape index (κ3) is 12.0. The maximum atomic E-state index is 14.6. The average molecular weight is 805 g/mol. The summed E-state index contributed by atoms with van der Waals surface area (Å²) in [5.74, 6) is -4.77. The Morgan fingerprint density at radius 3 is 2.23 bits per heavy atom. The fraction of sp³-hybridized carbons (Fsp3) is 0.400. The van der Waals surface area contributed by atoms with Crippen LogP contribution in [-0.4, -0.2) is 115 Å². The number of nitrogens with zero attached hydrogens (tertiary/aromatic N) is 3. The number of aromatic nitrogens is 3. The maximum absolute atomic E-state index is 14.6. The molecule has 2 aromatic heterocycles. The topological polar surface area (TPSA) is 242 Å². The molecule has 1 aliphatic rings. The lowest BCUT2D eigenvalue weighted by molar-refractivity contribution is -0.306. The standard InChI is InChI=1S/C35H38ClFN6O13/c1-17(44)51-15-27-29(53-18(2)45)30(54-19(3)46)31(55-20(4)47)35(56-27)52-16-28(48)39-10-11-40-34(49)23-13-38-9-8-25(23)42-33-26(50-5)14-41-32(43-33)22-12-21(36)6-7-24(22)37/h6-9,12-14,27,29-31,35H,10-11,15-16H2,1-5H3,(H,39,48)(H,40,49)(H,38,41,42,43)/t27-,29-,30+,31-,35?/m1/s1. The second-order valence-electron chi connectivity index (χ2n) is 11.8. The van der Waals surface area contributed by atoms with Gasteiger partial charge in [0.05, 0.1) is 30.1 Å². The molecule has 0 spiro atoms. The van der Waals surface area contributed by atoms with Gasteiger partial charge in [-0.25, -0.2) is 14.4 Å². The number of hydrogen-bond donors (Lipinski definition) is 3. The summed E-state index contributed by atoms with van der Waals surface area (Å²) in [6, 6.07) is 5.44. The lowest BCUT2D eigenvalue weighted by atomic mass is 9.98. The Bertz CT molecular complexity index is 1940. The van der Waals surface area contributed by atoms with E-state index in [4.69, 9.17) is 44.8 Å². The number of pyridine rings is 1. The highest BCUT2D eigenvalue weighted by molar-refractivity contribution is 6.30. The van der Waals surface area contributed by atoms with Crippen molar-refractivity contribution >= 4 is 58.8 Å². The molecule has 0 saturated carbocycles. The Labute approximate surface area is 323 Å². The molecule has 5 atom stereocenters. The number of methoxy groups -OCH3 is 1. The molecule has 1 unspecified atom stereocenters. The molecule has 56 heavy (non-hydrogen) atoms. The first kappa shape index (κ1) is 42.7. The number of ether oxygens (including phenoxy) is 7. The molecular weight excluding hydrogens is 767 g/mol. The highest BCUT2D eigenvalue weighted by atomic mass is 35.5. The van der Waals surface area contributed by atoms with Gasteiger partial charge in [-0.3, -0.25) is 33.8 Å². The lowest BCUT2D eigenvalue weighted by Gasteiger charge is -2.43. The van der Waals surface area contributed by atoms with Crippen molar-refractivity contribution in [1.82, 2.24) is 25.6 Å². The predicted molar refractivity (Wildman–Crippen MR) is 190 cm³/mol. The number of benzene rings is 1. The van der Waals surface area contributed by atoms with E-state index in [2.05, 4.69) is 30.9 Å². The summed E-state index contributed by atoms with van der Waals surface area (Å²) in [5.41, 5.74) is 0.387. The minimum absolute atomic E-state index is 0.00208. The third-order valence-corrected chi connectivity index (χ3v) is 7.76. The van der Waals surface area contributed by atoms with Crippen LogP contribution in [-0.2, 0) is 52.4 Å². The molecule has 3 aromatic rings.